The molecule has 0 aliphatic rings. The van der Waals surface area contributed by atoms with E-state index in [0.29, 0.717) is 23.1 Å². The Labute approximate surface area is 145 Å². The highest BCUT2D eigenvalue weighted by molar-refractivity contribution is 7.15. The van der Waals surface area contributed by atoms with E-state index >= 15 is 0 Å². The predicted octanol–water partition coefficient (Wildman–Crippen LogP) is 3.84. The highest BCUT2D eigenvalue weighted by Crippen LogP contribution is 2.34. The molecule has 0 bridgehead atoms. The lowest BCUT2D eigenvalue weighted by Crippen LogP contribution is -2.13. The molecular weight excluding hydrogens is 353 g/mol. The van der Waals surface area contributed by atoms with Gasteiger partial charge in [-0.2, -0.15) is 18.3 Å². The van der Waals surface area contributed by atoms with Crippen molar-refractivity contribution in [2.45, 2.75) is 19.5 Å². The maximum atomic E-state index is 12.5. The van der Waals surface area contributed by atoms with Crippen LogP contribution in [0.1, 0.15) is 16.0 Å². The van der Waals surface area contributed by atoms with E-state index in [1.165, 1.54) is 0 Å². The molecule has 0 aliphatic heterocycles. The van der Waals surface area contributed by atoms with Crippen LogP contribution in [0, 0.1) is 6.92 Å². The standard InChI is InChI=1S/C16H13F3N4OS/c1-10-2-4-12(5-3-10)23-9-11(7-21-23)6-14(24)22-15-20-8-13(25-15)16(17,18)19/h2-5,7-9H,6H2,1H3,(H,20,22,24). The monoisotopic (exact) mass is 366 g/mol. The van der Waals surface area contributed by atoms with Gasteiger partial charge >= 0.3 is 6.18 Å². The van der Waals surface area contributed by atoms with Crippen LogP contribution < -0.4 is 5.32 Å². The molecule has 9 heteroatoms. The number of halogens is 3. The van der Waals surface area contributed by atoms with Crippen LogP contribution in [-0.4, -0.2) is 20.7 Å². The van der Waals surface area contributed by atoms with Gasteiger partial charge < -0.3 is 5.32 Å². The van der Waals surface area contributed by atoms with Crippen LogP contribution in [0.5, 0.6) is 0 Å². The van der Waals surface area contributed by atoms with Crippen LogP contribution >= 0.6 is 11.3 Å². The number of thiazole rings is 1. The van der Waals surface area contributed by atoms with Gasteiger partial charge in [-0.15, -0.1) is 0 Å². The van der Waals surface area contributed by atoms with Crippen molar-refractivity contribution < 1.29 is 18.0 Å². The summed E-state index contributed by atoms with van der Waals surface area (Å²) in [7, 11) is 0. The summed E-state index contributed by atoms with van der Waals surface area (Å²) in [6, 6.07) is 7.70. The second kappa shape index (κ2) is 6.67. The summed E-state index contributed by atoms with van der Waals surface area (Å²) >= 11 is 0.393. The number of carbonyl (C=O) groups is 1. The first-order valence-corrected chi connectivity index (χ1v) is 8.06. The molecule has 1 amide bonds. The number of anilines is 1. The van der Waals surface area contributed by atoms with Gasteiger partial charge in [-0.1, -0.05) is 29.0 Å². The lowest BCUT2D eigenvalue weighted by molar-refractivity contribution is -0.134. The minimum absolute atomic E-state index is 0.00715. The van der Waals surface area contributed by atoms with Crippen molar-refractivity contribution in [3.8, 4) is 5.69 Å². The zero-order valence-corrected chi connectivity index (χ0v) is 13.9. The van der Waals surface area contributed by atoms with Crippen molar-refractivity contribution in [1.29, 1.82) is 0 Å². The Morgan fingerprint density at radius 1 is 1.24 bits per heavy atom. The van der Waals surface area contributed by atoms with Crippen molar-refractivity contribution in [1.82, 2.24) is 14.8 Å². The molecule has 25 heavy (non-hydrogen) atoms. The maximum Gasteiger partial charge on any atom is 0.427 e. The van der Waals surface area contributed by atoms with E-state index in [1.54, 1.807) is 17.1 Å². The number of amides is 1. The van der Waals surface area contributed by atoms with Crippen LogP contribution in [0.25, 0.3) is 5.69 Å². The lowest BCUT2D eigenvalue weighted by Gasteiger charge is -2.02. The summed E-state index contributed by atoms with van der Waals surface area (Å²) in [5, 5.41) is 6.48. The second-order valence-corrected chi connectivity index (χ2v) is 6.41. The highest BCUT2D eigenvalue weighted by atomic mass is 32.1. The number of nitrogens with zero attached hydrogens (tertiary/aromatic N) is 3. The molecule has 1 N–H and O–H groups in total. The topological polar surface area (TPSA) is 59.8 Å². The number of hydrogen-bond acceptors (Lipinski definition) is 4. The summed E-state index contributed by atoms with van der Waals surface area (Å²) in [5.74, 6) is -0.452. The number of hydrogen-bond donors (Lipinski definition) is 1. The fourth-order valence-electron chi connectivity index (χ4n) is 2.10. The maximum absolute atomic E-state index is 12.5. The summed E-state index contributed by atoms with van der Waals surface area (Å²) in [4.78, 5) is 14.7. The molecule has 0 aliphatic carbocycles. The Balaban J connectivity index is 1.64. The first-order chi connectivity index (χ1) is 11.8. The van der Waals surface area contributed by atoms with Gasteiger partial charge in [-0.05, 0) is 24.6 Å². The molecule has 130 valence electrons. The predicted molar refractivity (Wildman–Crippen MR) is 87.8 cm³/mol. The Kier molecular flexibility index (Phi) is 4.58. The number of nitrogens with one attached hydrogen (secondary N) is 1. The SMILES string of the molecule is Cc1ccc(-n2cc(CC(=O)Nc3ncc(C(F)(F)F)s3)cn2)cc1. The number of benzene rings is 1. The molecular formula is C16H13F3N4OS. The average molecular weight is 366 g/mol. The zero-order valence-electron chi connectivity index (χ0n) is 13.0. The third kappa shape index (κ3) is 4.24. The van der Waals surface area contributed by atoms with E-state index in [1.807, 2.05) is 31.2 Å². The van der Waals surface area contributed by atoms with E-state index in [-0.39, 0.29) is 11.6 Å². The minimum atomic E-state index is -4.46. The summed E-state index contributed by atoms with van der Waals surface area (Å²) in [6.45, 7) is 1.98. The largest absolute Gasteiger partial charge is 0.427 e. The van der Waals surface area contributed by atoms with Gasteiger partial charge in [0, 0.05) is 6.20 Å². The van der Waals surface area contributed by atoms with Gasteiger partial charge in [0.25, 0.3) is 0 Å². The van der Waals surface area contributed by atoms with Crippen molar-refractivity contribution in [3.63, 3.8) is 0 Å². The molecule has 5 nitrogen and oxygen atoms in total. The molecule has 0 atom stereocenters. The molecule has 3 rings (SSSR count). The van der Waals surface area contributed by atoms with Gasteiger partial charge in [0.2, 0.25) is 5.91 Å². The lowest BCUT2D eigenvalue weighted by atomic mass is 10.2. The normalized spacial score (nSPS) is 11.5. The van der Waals surface area contributed by atoms with E-state index in [0.717, 1.165) is 11.3 Å². The van der Waals surface area contributed by atoms with E-state index < -0.39 is 17.0 Å². The Morgan fingerprint density at radius 3 is 2.60 bits per heavy atom. The van der Waals surface area contributed by atoms with Crippen molar-refractivity contribution in [2.75, 3.05) is 5.32 Å². The van der Waals surface area contributed by atoms with Gasteiger partial charge in [0.1, 0.15) is 4.88 Å². The summed E-state index contributed by atoms with van der Waals surface area (Å²) in [5.41, 5.74) is 2.62. The summed E-state index contributed by atoms with van der Waals surface area (Å²) in [6.07, 6.45) is -0.520. The number of aromatic nitrogens is 3. The van der Waals surface area contributed by atoms with E-state index in [9.17, 15) is 18.0 Å². The Hall–Kier alpha value is -2.68. The van der Waals surface area contributed by atoms with Crippen molar-refractivity contribution in [2.24, 2.45) is 0 Å². The molecule has 1 aromatic carbocycles. The first kappa shape index (κ1) is 17.2. The fraction of sp³-hybridized carbons (Fsp3) is 0.188. The van der Waals surface area contributed by atoms with Gasteiger partial charge in [-0.3, -0.25) is 4.79 Å². The number of carbonyl (C=O) groups excluding carboxylic acids is 1. The molecule has 2 heterocycles. The quantitative estimate of drug-likeness (QED) is 0.763. The summed E-state index contributed by atoms with van der Waals surface area (Å²) < 4.78 is 39.2. The molecule has 0 fully saturated rings. The Bertz CT molecular complexity index is 883. The van der Waals surface area contributed by atoms with Crippen LogP contribution in [0.2, 0.25) is 0 Å². The van der Waals surface area contributed by atoms with E-state index in [2.05, 4.69) is 15.4 Å². The zero-order chi connectivity index (χ0) is 18.0. The molecule has 0 saturated heterocycles. The third-order valence-electron chi connectivity index (χ3n) is 3.33. The number of aryl methyl sites for hydroxylation is 1. The highest BCUT2D eigenvalue weighted by Gasteiger charge is 2.33. The average Bonchev–Trinajstić information content (AvgIpc) is 3.17. The van der Waals surface area contributed by atoms with Crippen LogP contribution in [0.3, 0.4) is 0 Å². The third-order valence-corrected chi connectivity index (χ3v) is 4.29. The van der Waals surface area contributed by atoms with Crippen molar-refractivity contribution >= 4 is 22.4 Å². The molecule has 0 radical (unpaired) electrons. The van der Waals surface area contributed by atoms with E-state index in [4.69, 9.17) is 0 Å². The molecule has 0 spiro atoms. The van der Waals surface area contributed by atoms with Gasteiger partial charge in [-0.25, -0.2) is 9.67 Å². The van der Waals surface area contributed by atoms with Crippen LogP contribution in [0.15, 0.2) is 42.9 Å². The smallest absolute Gasteiger partial charge is 0.302 e. The molecule has 3 aromatic rings. The molecule has 0 unspecified atom stereocenters. The molecule has 2 aromatic heterocycles. The Morgan fingerprint density at radius 2 is 1.96 bits per heavy atom. The van der Waals surface area contributed by atoms with Gasteiger partial charge in [0.15, 0.2) is 5.13 Å². The first-order valence-electron chi connectivity index (χ1n) is 7.25. The van der Waals surface area contributed by atoms with Gasteiger partial charge in [0.05, 0.1) is 24.5 Å². The molecule has 0 saturated carbocycles. The second-order valence-electron chi connectivity index (χ2n) is 5.38. The van der Waals surface area contributed by atoms with Crippen LogP contribution in [-0.2, 0) is 17.4 Å². The minimum Gasteiger partial charge on any atom is -0.302 e. The fourth-order valence-corrected chi connectivity index (χ4v) is 2.80. The van der Waals surface area contributed by atoms with Crippen LogP contribution in [0.4, 0.5) is 18.3 Å². The van der Waals surface area contributed by atoms with Crippen molar-refractivity contribution in [3.05, 3.63) is 58.9 Å². The number of rotatable bonds is 4. The number of alkyl halides is 3.